The summed E-state index contributed by atoms with van der Waals surface area (Å²) in [5, 5.41) is 10.3. The number of benzene rings is 1. The highest BCUT2D eigenvalue weighted by Gasteiger charge is 2.39. The molecule has 1 aliphatic heterocycles. The Kier molecular flexibility index (Phi) is 5.02. The molecule has 0 aromatic heterocycles. The van der Waals surface area contributed by atoms with Gasteiger partial charge in [-0.25, -0.2) is 8.78 Å². The molecule has 1 aliphatic rings. The van der Waals surface area contributed by atoms with Crippen LogP contribution in [0.4, 0.5) is 8.78 Å². The Balaban J connectivity index is 2.22. The van der Waals surface area contributed by atoms with Gasteiger partial charge < -0.3 is 14.3 Å². The summed E-state index contributed by atoms with van der Waals surface area (Å²) in [6.45, 7) is 11.0. The summed E-state index contributed by atoms with van der Waals surface area (Å²) in [5.74, 6) is 0. The minimum absolute atomic E-state index is 0.0242. The fraction of sp³-hybridized carbons (Fsp3) is 0.647. The molecule has 0 amide bonds. The molecule has 1 heterocycles. The maximum atomic E-state index is 13.4. The van der Waals surface area contributed by atoms with Crippen molar-refractivity contribution in [3.8, 4) is 0 Å². The van der Waals surface area contributed by atoms with Crippen LogP contribution in [0.25, 0.3) is 0 Å². The summed E-state index contributed by atoms with van der Waals surface area (Å²) < 4.78 is 37.9. The van der Waals surface area contributed by atoms with Crippen LogP contribution in [-0.4, -0.2) is 26.6 Å². The SMILES string of the molecule is CC(C)(C)[Si](C)(C)OCc1ccc(C2(O)COC2)cc1C(F)F. The molecule has 0 radical (unpaired) electrons. The molecule has 0 spiro atoms. The van der Waals surface area contributed by atoms with Gasteiger partial charge in [-0.3, -0.25) is 0 Å². The first-order valence-electron chi connectivity index (χ1n) is 7.82. The minimum Gasteiger partial charge on any atom is -0.413 e. The molecule has 1 saturated heterocycles. The van der Waals surface area contributed by atoms with Crippen molar-refractivity contribution in [3.63, 3.8) is 0 Å². The average molecular weight is 344 g/mol. The van der Waals surface area contributed by atoms with E-state index in [0.29, 0.717) is 11.1 Å². The molecule has 2 rings (SSSR count). The van der Waals surface area contributed by atoms with E-state index < -0.39 is 20.3 Å². The number of halogens is 2. The van der Waals surface area contributed by atoms with Gasteiger partial charge in [-0.1, -0.05) is 32.9 Å². The second kappa shape index (κ2) is 6.24. The van der Waals surface area contributed by atoms with Crippen LogP contribution in [0.15, 0.2) is 18.2 Å². The molecular formula is C17H26F2O3Si. The molecule has 6 heteroatoms. The lowest BCUT2D eigenvalue weighted by Gasteiger charge is -2.37. The zero-order valence-corrected chi connectivity index (χ0v) is 15.5. The Hall–Kier alpha value is -0.823. The maximum Gasteiger partial charge on any atom is 0.264 e. The van der Waals surface area contributed by atoms with Gasteiger partial charge in [0.25, 0.3) is 6.43 Å². The molecule has 1 N–H and O–H groups in total. The van der Waals surface area contributed by atoms with Gasteiger partial charge >= 0.3 is 0 Å². The van der Waals surface area contributed by atoms with E-state index in [1.807, 2.05) is 0 Å². The van der Waals surface area contributed by atoms with Gasteiger partial charge in [-0.2, -0.15) is 0 Å². The molecule has 130 valence electrons. The van der Waals surface area contributed by atoms with E-state index in [1.165, 1.54) is 6.07 Å². The second-order valence-electron chi connectivity index (χ2n) is 7.79. The first-order chi connectivity index (χ1) is 10.5. The Morgan fingerprint density at radius 2 is 1.91 bits per heavy atom. The number of ether oxygens (including phenoxy) is 1. The lowest BCUT2D eigenvalue weighted by Crippen LogP contribution is -2.46. The highest BCUT2D eigenvalue weighted by atomic mass is 28.4. The second-order valence-corrected chi connectivity index (χ2v) is 12.6. The number of aliphatic hydroxyl groups is 1. The van der Waals surface area contributed by atoms with Crippen LogP contribution < -0.4 is 0 Å². The van der Waals surface area contributed by atoms with Crippen molar-refractivity contribution in [1.29, 1.82) is 0 Å². The van der Waals surface area contributed by atoms with Gasteiger partial charge in [0.2, 0.25) is 0 Å². The summed E-state index contributed by atoms with van der Waals surface area (Å²) in [4.78, 5) is 0. The van der Waals surface area contributed by atoms with E-state index in [0.717, 1.165) is 0 Å². The van der Waals surface area contributed by atoms with Crippen LogP contribution in [0.1, 0.15) is 43.9 Å². The van der Waals surface area contributed by atoms with E-state index in [-0.39, 0.29) is 30.4 Å². The Morgan fingerprint density at radius 3 is 2.35 bits per heavy atom. The van der Waals surface area contributed by atoms with Crippen molar-refractivity contribution >= 4 is 8.32 Å². The minimum atomic E-state index is -2.60. The molecule has 0 atom stereocenters. The molecule has 0 unspecified atom stereocenters. The lowest BCUT2D eigenvalue weighted by atomic mass is 9.89. The normalized spacial score (nSPS) is 18.1. The highest BCUT2D eigenvalue weighted by molar-refractivity contribution is 6.74. The van der Waals surface area contributed by atoms with Crippen LogP contribution >= 0.6 is 0 Å². The number of hydrogen-bond acceptors (Lipinski definition) is 3. The van der Waals surface area contributed by atoms with E-state index >= 15 is 0 Å². The van der Waals surface area contributed by atoms with E-state index in [2.05, 4.69) is 33.9 Å². The van der Waals surface area contributed by atoms with Gasteiger partial charge in [-0.15, -0.1) is 0 Å². The predicted molar refractivity (Wildman–Crippen MR) is 88.1 cm³/mol. The molecule has 1 fully saturated rings. The fourth-order valence-corrected chi connectivity index (χ4v) is 3.11. The van der Waals surface area contributed by atoms with Crippen molar-refractivity contribution in [1.82, 2.24) is 0 Å². The van der Waals surface area contributed by atoms with Gasteiger partial charge in [0, 0.05) is 5.56 Å². The highest BCUT2D eigenvalue weighted by Crippen LogP contribution is 2.38. The maximum absolute atomic E-state index is 13.4. The van der Waals surface area contributed by atoms with Gasteiger partial charge in [0.15, 0.2) is 8.32 Å². The smallest absolute Gasteiger partial charge is 0.264 e. The standard InChI is InChI=1S/C17H26F2O3Si/c1-16(2,3)23(4,5)22-9-12-6-7-13(8-14(12)15(18)19)17(20)10-21-11-17/h6-8,15,20H,9-11H2,1-5H3. The van der Waals surface area contributed by atoms with Crippen molar-refractivity contribution in [3.05, 3.63) is 34.9 Å². The molecule has 1 aromatic rings. The van der Waals surface area contributed by atoms with E-state index in [9.17, 15) is 13.9 Å². The van der Waals surface area contributed by atoms with E-state index in [1.54, 1.807) is 12.1 Å². The third-order valence-electron chi connectivity index (χ3n) is 4.99. The summed E-state index contributed by atoms with van der Waals surface area (Å²) in [6, 6.07) is 4.72. The fourth-order valence-electron chi connectivity index (χ4n) is 2.16. The topological polar surface area (TPSA) is 38.7 Å². The Morgan fingerprint density at radius 1 is 1.30 bits per heavy atom. The van der Waals surface area contributed by atoms with Crippen LogP contribution in [0.3, 0.4) is 0 Å². The lowest BCUT2D eigenvalue weighted by molar-refractivity contribution is -0.184. The molecule has 0 saturated carbocycles. The van der Waals surface area contributed by atoms with Crippen molar-refractivity contribution in [2.75, 3.05) is 13.2 Å². The monoisotopic (exact) mass is 344 g/mol. The van der Waals surface area contributed by atoms with Gasteiger partial charge in [0.1, 0.15) is 5.60 Å². The van der Waals surface area contributed by atoms with E-state index in [4.69, 9.17) is 9.16 Å². The van der Waals surface area contributed by atoms with Gasteiger partial charge in [-0.05, 0) is 35.3 Å². The number of hydrogen-bond donors (Lipinski definition) is 1. The van der Waals surface area contributed by atoms with Crippen LogP contribution in [-0.2, 0) is 21.4 Å². The zero-order valence-electron chi connectivity index (χ0n) is 14.5. The van der Waals surface area contributed by atoms with Crippen molar-refractivity contribution in [2.24, 2.45) is 0 Å². The third kappa shape index (κ3) is 3.82. The number of alkyl halides is 2. The van der Waals surface area contributed by atoms with Gasteiger partial charge in [0.05, 0.1) is 19.8 Å². The number of rotatable bonds is 5. The van der Waals surface area contributed by atoms with Crippen molar-refractivity contribution < 1.29 is 23.1 Å². The Bertz CT molecular complexity index is 563. The summed E-state index contributed by atoms with van der Waals surface area (Å²) >= 11 is 0. The zero-order chi connectivity index (χ0) is 17.5. The molecule has 0 aliphatic carbocycles. The molecular weight excluding hydrogens is 318 g/mol. The third-order valence-corrected chi connectivity index (χ3v) is 9.47. The summed E-state index contributed by atoms with van der Waals surface area (Å²) in [7, 11) is -2.01. The summed E-state index contributed by atoms with van der Waals surface area (Å²) in [6.07, 6.45) is -2.60. The molecule has 0 bridgehead atoms. The van der Waals surface area contributed by atoms with Crippen LogP contribution in [0.2, 0.25) is 18.1 Å². The molecule has 1 aromatic carbocycles. The largest absolute Gasteiger partial charge is 0.413 e. The predicted octanol–water partition coefficient (Wildman–Crippen LogP) is 4.36. The van der Waals surface area contributed by atoms with Crippen LogP contribution in [0, 0.1) is 0 Å². The first kappa shape index (κ1) is 18.5. The van der Waals surface area contributed by atoms with Crippen molar-refractivity contribution in [2.45, 2.75) is 57.5 Å². The summed E-state index contributed by atoms with van der Waals surface area (Å²) in [5.41, 5.74) is -0.239. The molecule has 23 heavy (non-hydrogen) atoms. The molecule has 3 nitrogen and oxygen atoms in total. The average Bonchev–Trinajstić information content (AvgIpc) is 2.41. The van der Waals surface area contributed by atoms with Crippen LogP contribution in [0.5, 0.6) is 0 Å². The quantitative estimate of drug-likeness (QED) is 0.807. The first-order valence-corrected chi connectivity index (χ1v) is 10.7. The Labute approximate surface area is 137 Å².